The van der Waals surface area contributed by atoms with E-state index >= 15 is 0 Å². The molecule has 0 N–H and O–H groups in total. The summed E-state index contributed by atoms with van der Waals surface area (Å²) in [5, 5.41) is 4.12. The highest BCUT2D eigenvalue weighted by molar-refractivity contribution is 5.52. The van der Waals surface area contributed by atoms with Gasteiger partial charge < -0.3 is 4.52 Å². The summed E-state index contributed by atoms with van der Waals surface area (Å²) in [6.07, 6.45) is 4.54. The molecule has 1 unspecified atom stereocenters. The van der Waals surface area contributed by atoms with Crippen molar-refractivity contribution in [1.82, 2.24) is 20.0 Å². The van der Waals surface area contributed by atoms with Gasteiger partial charge in [0, 0.05) is 31.0 Å². The molecule has 1 atom stereocenters. The van der Waals surface area contributed by atoms with E-state index in [0.717, 1.165) is 37.5 Å². The molecule has 3 aromatic rings. The Morgan fingerprint density at radius 3 is 2.71 bits per heavy atom. The standard InChI is InChI=1S/C19H20N4O/c1-14-2-4-15(5-3-14)12-23-11-8-17(13-23)19-21-18(22-24-19)16-6-9-20-10-7-16/h2-7,9-10,17H,8,11-13H2,1H3. The molecule has 1 fully saturated rings. The first-order valence-electron chi connectivity index (χ1n) is 8.30. The summed E-state index contributed by atoms with van der Waals surface area (Å²) in [5.74, 6) is 1.70. The maximum absolute atomic E-state index is 5.51. The number of hydrogen-bond acceptors (Lipinski definition) is 5. The van der Waals surface area contributed by atoms with Crippen LogP contribution >= 0.6 is 0 Å². The van der Waals surface area contributed by atoms with Gasteiger partial charge in [-0.3, -0.25) is 9.88 Å². The maximum atomic E-state index is 5.51. The number of likely N-dealkylation sites (tertiary alicyclic amines) is 1. The van der Waals surface area contributed by atoms with Crippen LogP contribution in [0.4, 0.5) is 0 Å². The third-order valence-corrected chi connectivity index (χ3v) is 4.53. The molecule has 0 spiro atoms. The lowest BCUT2D eigenvalue weighted by Gasteiger charge is -2.15. The molecule has 0 bridgehead atoms. The van der Waals surface area contributed by atoms with Crippen molar-refractivity contribution in [3.63, 3.8) is 0 Å². The Hall–Kier alpha value is -2.53. The molecule has 5 heteroatoms. The highest BCUT2D eigenvalue weighted by Gasteiger charge is 2.28. The minimum absolute atomic E-state index is 0.318. The molecule has 1 saturated heterocycles. The molecular formula is C19H20N4O. The number of nitrogens with zero attached hydrogens (tertiary/aromatic N) is 4. The van der Waals surface area contributed by atoms with E-state index in [0.29, 0.717) is 11.7 Å². The lowest BCUT2D eigenvalue weighted by molar-refractivity contribution is 0.309. The van der Waals surface area contributed by atoms with E-state index in [4.69, 9.17) is 4.52 Å². The van der Waals surface area contributed by atoms with Gasteiger partial charge in [-0.05, 0) is 37.6 Å². The second-order valence-electron chi connectivity index (χ2n) is 6.40. The van der Waals surface area contributed by atoms with Crippen molar-refractivity contribution in [3.8, 4) is 11.4 Å². The van der Waals surface area contributed by atoms with Gasteiger partial charge in [0.1, 0.15) is 0 Å². The van der Waals surface area contributed by atoms with Gasteiger partial charge >= 0.3 is 0 Å². The van der Waals surface area contributed by atoms with Crippen molar-refractivity contribution in [2.75, 3.05) is 13.1 Å². The largest absolute Gasteiger partial charge is 0.339 e. The van der Waals surface area contributed by atoms with E-state index in [-0.39, 0.29) is 0 Å². The van der Waals surface area contributed by atoms with Crippen molar-refractivity contribution in [3.05, 3.63) is 65.8 Å². The summed E-state index contributed by atoms with van der Waals surface area (Å²) in [7, 11) is 0. The van der Waals surface area contributed by atoms with Crippen LogP contribution in [0.2, 0.25) is 0 Å². The Bertz CT molecular complexity index is 798. The van der Waals surface area contributed by atoms with Crippen LogP contribution < -0.4 is 0 Å². The van der Waals surface area contributed by atoms with E-state index in [1.165, 1.54) is 11.1 Å². The minimum Gasteiger partial charge on any atom is -0.339 e. The molecule has 3 heterocycles. The van der Waals surface area contributed by atoms with Crippen LogP contribution in [0, 0.1) is 6.92 Å². The monoisotopic (exact) mass is 320 g/mol. The topological polar surface area (TPSA) is 55.1 Å². The molecule has 1 aliphatic heterocycles. The molecule has 5 nitrogen and oxygen atoms in total. The lowest BCUT2D eigenvalue weighted by Crippen LogP contribution is -2.19. The Morgan fingerprint density at radius 1 is 1.12 bits per heavy atom. The average Bonchev–Trinajstić information content (AvgIpc) is 3.27. The van der Waals surface area contributed by atoms with Crippen molar-refractivity contribution in [2.45, 2.75) is 25.8 Å². The number of aryl methyl sites for hydroxylation is 1. The molecule has 0 aliphatic carbocycles. The zero-order chi connectivity index (χ0) is 16.4. The highest BCUT2D eigenvalue weighted by atomic mass is 16.5. The molecule has 122 valence electrons. The highest BCUT2D eigenvalue weighted by Crippen LogP contribution is 2.28. The van der Waals surface area contributed by atoms with Crippen molar-refractivity contribution < 1.29 is 4.52 Å². The first-order chi connectivity index (χ1) is 11.8. The van der Waals surface area contributed by atoms with E-state index in [2.05, 4.69) is 51.2 Å². The summed E-state index contributed by atoms with van der Waals surface area (Å²) in [6.45, 7) is 5.12. The van der Waals surface area contributed by atoms with Crippen molar-refractivity contribution >= 4 is 0 Å². The van der Waals surface area contributed by atoms with Crippen molar-refractivity contribution in [1.29, 1.82) is 0 Å². The van der Waals surface area contributed by atoms with Crippen LogP contribution in [0.15, 0.2) is 53.3 Å². The van der Waals surface area contributed by atoms with E-state index < -0.39 is 0 Å². The molecule has 1 aliphatic rings. The second kappa shape index (κ2) is 6.53. The number of benzene rings is 1. The van der Waals surface area contributed by atoms with Crippen LogP contribution in [0.5, 0.6) is 0 Å². The van der Waals surface area contributed by atoms with Crippen LogP contribution in [-0.4, -0.2) is 33.1 Å². The quantitative estimate of drug-likeness (QED) is 0.737. The van der Waals surface area contributed by atoms with Gasteiger partial charge in [-0.15, -0.1) is 0 Å². The molecular weight excluding hydrogens is 300 g/mol. The lowest BCUT2D eigenvalue weighted by atomic mass is 10.1. The molecule has 0 saturated carbocycles. The smallest absolute Gasteiger partial charge is 0.231 e. The van der Waals surface area contributed by atoms with Crippen molar-refractivity contribution in [2.24, 2.45) is 0 Å². The summed E-state index contributed by atoms with van der Waals surface area (Å²) in [4.78, 5) is 11.1. The number of aromatic nitrogens is 3. The molecule has 1 aromatic carbocycles. The molecule has 0 amide bonds. The van der Waals surface area contributed by atoms with Crippen LogP contribution in [-0.2, 0) is 6.54 Å². The Balaban J connectivity index is 1.42. The molecule has 2 aromatic heterocycles. The minimum atomic E-state index is 0.318. The number of pyridine rings is 1. The van der Waals surface area contributed by atoms with E-state index in [9.17, 15) is 0 Å². The summed E-state index contributed by atoms with van der Waals surface area (Å²) >= 11 is 0. The summed E-state index contributed by atoms with van der Waals surface area (Å²) in [6, 6.07) is 12.5. The third-order valence-electron chi connectivity index (χ3n) is 4.53. The van der Waals surface area contributed by atoms with Gasteiger partial charge in [-0.25, -0.2) is 0 Å². The average molecular weight is 320 g/mol. The fourth-order valence-corrected chi connectivity index (χ4v) is 3.15. The zero-order valence-corrected chi connectivity index (χ0v) is 13.7. The van der Waals surface area contributed by atoms with Crippen LogP contribution in [0.25, 0.3) is 11.4 Å². The van der Waals surface area contributed by atoms with Gasteiger partial charge in [0.25, 0.3) is 0 Å². The van der Waals surface area contributed by atoms with Crippen LogP contribution in [0.3, 0.4) is 0 Å². The maximum Gasteiger partial charge on any atom is 0.231 e. The van der Waals surface area contributed by atoms with Gasteiger partial charge in [0.2, 0.25) is 11.7 Å². The fraction of sp³-hybridized carbons (Fsp3) is 0.316. The first kappa shape index (κ1) is 15.0. The molecule has 4 rings (SSSR count). The number of rotatable bonds is 4. The Morgan fingerprint density at radius 2 is 1.92 bits per heavy atom. The molecule has 0 radical (unpaired) electrons. The van der Waals surface area contributed by atoms with E-state index in [1.807, 2.05) is 12.1 Å². The van der Waals surface area contributed by atoms with Gasteiger partial charge in [-0.1, -0.05) is 35.0 Å². The summed E-state index contributed by atoms with van der Waals surface area (Å²) < 4.78 is 5.51. The fourth-order valence-electron chi connectivity index (χ4n) is 3.15. The first-order valence-corrected chi connectivity index (χ1v) is 8.30. The second-order valence-corrected chi connectivity index (χ2v) is 6.40. The third kappa shape index (κ3) is 3.21. The van der Waals surface area contributed by atoms with E-state index in [1.54, 1.807) is 12.4 Å². The number of hydrogen-bond donors (Lipinski definition) is 0. The van der Waals surface area contributed by atoms with Gasteiger partial charge in [-0.2, -0.15) is 4.98 Å². The zero-order valence-electron chi connectivity index (χ0n) is 13.7. The normalized spacial score (nSPS) is 18.1. The Kier molecular flexibility index (Phi) is 4.09. The van der Waals surface area contributed by atoms with Crippen LogP contribution in [0.1, 0.15) is 29.4 Å². The predicted molar refractivity (Wildman–Crippen MR) is 91.3 cm³/mol. The SMILES string of the molecule is Cc1ccc(CN2CCC(c3nc(-c4ccncc4)no3)C2)cc1. The Labute approximate surface area is 141 Å². The van der Waals surface area contributed by atoms with Gasteiger partial charge in [0.05, 0.1) is 5.92 Å². The van der Waals surface area contributed by atoms with Gasteiger partial charge in [0.15, 0.2) is 0 Å². The molecule has 24 heavy (non-hydrogen) atoms. The summed E-state index contributed by atoms with van der Waals surface area (Å²) in [5.41, 5.74) is 3.59. The predicted octanol–water partition coefficient (Wildman–Crippen LogP) is 3.43.